The molecule has 0 spiro atoms. The summed E-state index contributed by atoms with van der Waals surface area (Å²) in [5.41, 5.74) is 0. The summed E-state index contributed by atoms with van der Waals surface area (Å²) in [6.45, 7) is 4.99. The third-order valence-corrected chi connectivity index (χ3v) is 6.09. The molecule has 1 aliphatic rings. The second kappa shape index (κ2) is 5.98. The average Bonchev–Trinajstić information content (AvgIpc) is 2.29. The normalized spacial score (nSPS) is 22.9. The van der Waals surface area contributed by atoms with Crippen molar-refractivity contribution in [2.75, 3.05) is 20.3 Å². The van der Waals surface area contributed by atoms with E-state index in [0.717, 1.165) is 0 Å². The molecule has 4 nitrogen and oxygen atoms in total. The van der Waals surface area contributed by atoms with E-state index in [1.165, 1.54) is 0 Å². The quantitative estimate of drug-likeness (QED) is 0.789. The van der Waals surface area contributed by atoms with Crippen molar-refractivity contribution >= 4 is 9.84 Å². The molecule has 1 fully saturated rings. The van der Waals surface area contributed by atoms with E-state index in [2.05, 4.69) is 5.32 Å². The summed E-state index contributed by atoms with van der Waals surface area (Å²) in [4.78, 5) is 0. The summed E-state index contributed by atoms with van der Waals surface area (Å²) < 4.78 is 29.7. The van der Waals surface area contributed by atoms with E-state index >= 15 is 0 Å². The van der Waals surface area contributed by atoms with Crippen LogP contribution in [0.15, 0.2) is 0 Å². The minimum atomic E-state index is -2.99. The zero-order chi connectivity index (χ0) is 12.2. The van der Waals surface area contributed by atoms with Crippen LogP contribution in [-0.4, -0.2) is 45.2 Å². The first-order valence-electron chi connectivity index (χ1n) is 5.96. The number of hydrogen-bond acceptors (Lipinski definition) is 4. The van der Waals surface area contributed by atoms with E-state index in [0.29, 0.717) is 32.5 Å². The molecule has 0 aromatic rings. The Labute approximate surface area is 98.7 Å². The van der Waals surface area contributed by atoms with Gasteiger partial charge >= 0.3 is 0 Å². The van der Waals surface area contributed by atoms with E-state index in [-0.39, 0.29) is 16.5 Å². The van der Waals surface area contributed by atoms with Crippen molar-refractivity contribution in [1.29, 1.82) is 0 Å². The average molecular weight is 249 g/mol. The molecule has 1 saturated heterocycles. The Hall–Kier alpha value is -0.130. The smallest absolute Gasteiger partial charge is 0.155 e. The fourth-order valence-electron chi connectivity index (χ4n) is 2.08. The van der Waals surface area contributed by atoms with Crippen LogP contribution in [0.4, 0.5) is 0 Å². The van der Waals surface area contributed by atoms with Gasteiger partial charge in [-0.2, -0.15) is 0 Å². The Morgan fingerprint density at radius 2 is 1.88 bits per heavy atom. The van der Waals surface area contributed by atoms with Crippen LogP contribution < -0.4 is 5.32 Å². The van der Waals surface area contributed by atoms with Crippen molar-refractivity contribution in [2.24, 2.45) is 0 Å². The van der Waals surface area contributed by atoms with Crippen LogP contribution in [0.2, 0.25) is 0 Å². The van der Waals surface area contributed by atoms with Gasteiger partial charge in [0.1, 0.15) is 0 Å². The molecule has 1 rings (SSSR count). The van der Waals surface area contributed by atoms with E-state index in [1.54, 1.807) is 0 Å². The van der Waals surface area contributed by atoms with Crippen LogP contribution in [0.1, 0.15) is 33.1 Å². The van der Waals surface area contributed by atoms with Crippen molar-refractivity contribution < 1.29 is 13.2 Å². The Morgan fingerprint density at radius 3 is 2.38 bits per heavy atom. The zero-order valence-corrected chi connectivity index (χ0v) is 11.2. The second-order valence-corrected chi connectivity index (χ2v) is 7.29. The fraction of sp³-hybridized carbons (Fsp3) is 1.00. The Morgan fingerprint density at radius 1 is 1.31 bits per heavy atom. The lowest BCUT2D eigenvalue weighted by molar-refractivity contribution is 0.0982. The molecule has 0 bridgehead atoms. The summed E-state index contributed by atoms with van der Waals surface area (Å²) in [5.74, 6) is 0. The van der Waals surface area contributed by atoms with E-state index in [4.69, 9.17) is 4.74 Å². The molecule has 0 saturated carbocycles. The lowest BCUT2D eigenvalue weighted by Crippen LogP contribution is -2.38. The lowest BCUT2D eigenvalue weighted by atomic mass is 10.2. The van der Waals surface area contributed by atoms with Gasteiger partial charge in [0.15, 0.2) is 9.84 Å². The largest absolute Gasteiger partial charge is 0.381 e. The van der Waals surface area contributed by atoms with Gasteiger partial charge in [-0.25, -0.2) is 8.42 Å². The molecule has 96 valence electrons. The number of nitrogens with one attached hydrogen (secondary N) is 1. The molecule has 0 amide bonds. The van der Waals surface area contributed by atoms with Gasteiger partial charge < -0.3 is 10.1 Å². The van der Waals surface area contributed by atoms with Gasteiger partial charge in [-0.1, -0.05) is 0 Å². The molecule has 16 heavy (non-hydrogen) atoms. The molecule has 0 aliphatic carbocycles. The maximum atomic E-state index is 12.3. The Balaban J connectivity index is 2.61. The van der Waals surface area contributed by atoms with Crippen LogP contribution in [-0.2, 0) is 14.6 Å². The minimum Gasteiger partial charge on any atom is -0.381 e. The summed E-state index contributed by atoms with van der Waals surface area (Å²) in [6, 6.07) is 0.240. The predicted octanol–water partition coefficient (Wildman–Crippen LogP) is 0.967. The first-order chi connectivity index (χ1) is 7.48. The van der Waals surface area contributed by atoms with Crippen molar-refractivity contribution in [3.05, 3.63) is 0 Å². The summed E-state index contributed by atoms with van der Waals surface area (Å²) in [7, 11) is -1.13. The highest BCUT2D eigenvalue weighted by atomic mass is 32.2. The highest BCUT2D eigenvalue weighted by Crippen LogP contribution is 2.22. The fourth-order valence-corrected chi connectivity index (χ4v) is 4.15. The molecule has 1 heterocycles. The summed E-state index contributed by atoms with van der Waals surface area (Å²) in [6.07, 6.45) is 1.98. The van der Waals surface area contributed by atoms with E-state index in [1.807, 2.05) is 20.9 Å². The Bertz CT molecular complexity index is 296. The molecular formula is C11H23NO3S. The van der Waals surface area contributed by atoms with Crippen molar-refractivity contribution in [3.63, 3.8) is 0 Å². The van der Waals surface area contributed by atoms with Crippen LogP contribution in [0.25, 0.3) is 0 Å². The van der Waals surface area contributed by atoms with Gasteiger partial charge in [0.05, 0.1) is 10.5 Å². The maximum Gasteiger partial charge on any atom is 0.155 e. The lowest BCUT2D eigenvalue weighted by Gasteiger charge is -2.26. The summed E-state index contributed by atoms with van der Waals surface area (Å²) >= 11 is 0. The molecule has 1 N–H and O–H groups in total. The molecule has 5 heteroatoms. The number of hydrogen-bond donors (Lipinski definition) is 1. The van der Waals surface area contributed by atoms with Gasteiger partial charge in [0.2, 0.25) is 0 Å². The monoisotopic (exact) mass is 249 g/mol. The molecule has 1 aliphatic heterocycles. The van der Waals surface area contributed by atoms with Crippen LogP contribution in [0, 0.1) is 0 Å². The first kappa shape index (κ1) is 13.9. The molecular weight excluding hydrogens is 226 g/mol. The first-order valence-corrected chi connectivity index (χ1v) is 7.57. The highest BCUT2D eigenvalue weighted by Gasteiger charge is 2.32. The zero-order valence-electron chi connectivity index (χ0n) is 10.4. The minimum absolute atomic E-state index is 0.194. The third kappa shape index (κ3) is 3.43. The van der Waals surface area contributed by atoms with E-state index < -0.39 is 9.84 Å². The predicted molar refractivity (Wildman–Crippen MR) is 65.4 cm³/mol. The van der Waals surface area contributed by atoms with Gasteiger partial charge in [0, 0.05) is 19.3 Å². The van der Waals surface area contributed by atoms with Crippen molar-refractivity contribution in [3.8, 4) is 0 Å². The standard InChI is InChI=1S/C11H23NO3S/c1-9(12-3)8-10(2)16(13,14)11-4-6-15-7-5-11/h9-12H,4-8H2,1-3H3. The van der Waals surface area contributed by atoms with Crippen LogP contribution in [0.5, 0.6) is 0 Å². The van der Waals surface area contributed by atoms with Gasteiger partial charge in [-0.05, 0) is 40.2 Å². The summed E-state index contributed by atoms with van der Waals surface area (Å²) in [5, 5.41) is 2.62. The van der Waals surface area contributed by atoms with Gasteiger partial charge in [-0.3, -0.25) is 0 Å². The molecule has 2 atom stereocenters. The number of sulfone groups is 1. The van der Waals surface area contributed by atoms with Crippen molar-refractivity contribution in [2.45, 2.75) is 49.7 Å². The highest BCUT2D eigenvalue weighted by molar-refractivity contribution is 7.92. The molecule has 2 unspecified atom stereocenters. The molecule has 0 aromatic carbocycles. The SMILES string of the molecule is CNC(C)CC(C)S(=O)(=O)C1CCOCC1. The number of rotatable bonds is 5. The van der Waals surface area contributed by atoms with Gasteiger partial charge in [0.25, 0.3) is 0 Å². The van der Waals surface area contributed by atoms with Gasteiger partial charge in [-0.15, -0.1) is 0 Å². The second-order valence-electron chi connectivity index (χ2n) is 4.64. The number of ether oxygens (including phenoxy) is 1. The maximum absolute atomic E-state index is 12.3. The molecule has 0 radical (unpaired) electrons. The topological polar surface area (TPSA) is 55.4 Å². The Kier molecular flexibility index (Phi) is 5.21. The van der Waals surface area contributed by atoms with Crippen LogP contribution in [0.3, 0.4) is 0 Å². The third-order valence-electron chi connectivity index (χ3n) is 3.37. The van der Waals surface area contributed by atoms with E-state index in [9.17, 15) is 8.42 Å². The van der Waals surface area contributed by atoms with Crippen LogP contribution >= 0.6 is 0 Å². The molecule has 0 aromatic heterocycles. The van der Waals surface area contributed by atoms with Crippen molar-refractivity contribution in [1.82, 2.24) is 5.32 Å².